The van der Waals surface area contributed by atoms with Crippen LogP contribution in [0.4, 0.5) is 0 Å². The van der Waals surface area contributed by atoms with E-state index in [4.69, 9.17) is 4.74 Å². The minimum Gasteiger partial charge on any atom is -0.390 e. The van der Waals surface area contributed by atoms with Crippen LogP contribution in [0.3, 0.4) is 0 Å². The molecule has 0 aliphatic carbocycles. The highest BCUT2D eigenvalue weighted by Gasteiger charge is 2.07. The number of rotatable bonds is 4. The maximum absolute atomic E-state index is 9.57. The Labute approximate surface area is 93.1 Å². The fourth-order valence-corrected chi connectivity index (χ4v) is 1.50. The van der Waals surface area contributed by atoms with E-state index in [2.05, 4.69) is 15.0 Å². The number of aliphatic hydroxyl groups excluding tert-OH is 1. The van der Waals surface area contributed by atoms with E-state index in [0.717, 1.165) is 11.2 Å². The van der Waals surface area contributed by atoms with Crippen molar-refractivity contribution in [2.45, 2.75) is 12.5 Å². The Kier molecular flexibility index (Phi) is 3.38. The molecular weight excluding hydrogens is 206 g/mol. The van der Waals surface area contributed by atoms with Gasteiger partial charge < -0.3 is 9.84 Å². The van der Waals surface area contributed by atoms with Gasteiger partial charge in [0.1, 0.15) is 5.52 Å². The second-order valence-corrected chi connectivity index (χ2v) is 3.51. The van der Waals surface area contributed by atoms with Crippen molar-refractivity contribution in [1.82, 2.24) is 15.0 Å². The molecule has 0 aliphatic rings. The molecular formula is C11H13N3O2. The van der Waals surface area contributed by atoms with Crippen molar-refractivity contribution in [3.8, 4) is 0 Å². The quantitative estimate of drug-likeness (QED) is 0.814. The highest BCUT2D eigenvalue weighted by atomic mass is 16.5. The van der Waals surface area contributed by atoms with Crippen molar-refractivity contribution in [3.05, 3.63) is 30.2 Å². The molecule has 5 nitrogen and oxygen atoms in total. The molecule has 2 heterocycles. The summed E-state index contributed by atoms with van der Waals surface area (Å²) in [6.07, 6.45) is 3.15. The molecule has 2 rings (SSSR count). The molecule has 1 unspecified atom stereocenters. The molecule has 0 aromatic carbocycles. The van der Waals surface area contributed by atoms with E-state index < -0.39 is 6.10 Å². The summed E-state index contributed by atoms with van der Waals surface area (Å²) in [5.41, 5.74) is 2.15. The van der Waals surface area contributed by atoms with Crippen LogP contribution < -0.4 is 0 Å². The first-order chi connectivity index (χ1) is 7.79. The van der Waals surface area contributed by atoms with Crippen LogP contribution in [0.1, 0.15) is 5.69 Å². The van der Waals surface area contributed by atoms with Gasteiger partial charge in [0, 0.05) is 31.6 Å². The standard InChI is InChI=1S/C11H13N3O2/c1-16-7-9(15)6-8-2-3-10-11(14-8)13-5-4-12-10/h2-5,9,15H,6-7H2,1H3. The Morgan fingerprint density at radius 3 is 2.94 bits per heavy atom. The van der Waals surface area contributed by atoms with Gasteiger partial charge in [-0.15, -0.1) is 0 Å². The molecule has 2 aromatic heterocycles. The summed E-state index contributed by atoms with van der Waals surface area (Å²) < 4.78 is 4.86. The summed E-state index contributed by atoms with van der Waals surface area (Å²) in [4.78, 5) is 12.5. The zero-order valence-electron chi connectivity index (χ0n) is 9.00. The maximum Gasteiger partial charge on any atom is 0.178 e. The highest BCUT2D eigenvalue weighted by molar-refractivity contribution is 5.68. The highest BCUT2D eigenvalue weighted by Crippen LogP contribution is 2.08. The predicted octanol–water partition coefficient (Wildman–Crippen LogP) is 0.575. The monoisotopic (exact) mass is 219 g/mol. The Hall–Kier alpha value is -1.59. The summed E-state index contributed by atoms with van der Waals surface area (Å²) >= 11 is 0. The predicted molar refractivity (Wildman–Crippen MR) is 58.9 cm³/mol. The van der Waals surface area contributed by atoms with Crippen molar-refractivity contribution < 1.29 is 9.84 Å². The van der Waals surface area contributed by atoms with Gasteiger partial charge in [-0.2, -0.15) is 0 Å². The van der Waals surface area contributed by atoms with Crippen molar-refractivity contribution in [2.75, 3.05) is 13.7 Å². The first kappa shape index (κ1) is 10.9. The summed E-state index contributed by atoms with van der Waals surface area (Å²) in [6.45, 7) is 0.306. The number of fused-ring (bicyclic) bond motifs is 1. The summed E-state index contributed by atoms with van der Waals surface area (Å²) in [7, 11) is 1.56. The fraction of sp³-hybridized carbons (Fsp3) is 0.364. The number of methoxy groups -OCH3 is 1. The lowest BCUT2D eigenvalue weighted by atomic mass is 10.2. The Balaban J connectivity index is 2.19. The number of nitrogens with zero attached hydrogens (tertiary/aromatic N) is 3. The number of hydrogen-bond acceptors (Lipinski definition) is 5. The molecule has 0 radical (unpaired) electrons. The Bertz CT molecular complexity index is 475. The molecule has 0 fully saturated rings. The average molecular weight is 219 g/mol. The number of aromatic nitrogens is 3. The minimum atomic E-state index is -0.536. The molecule has 1 N–H and O–H groups in total. The van der Waals surface area contributed by atoms with Crippen molar-refractivity contribution in [3.63, 3.8) is 0 Å². The lowest BCUT2D eigenvalue weighted by molar-refractivity contribution is 0.0645. The number of pyridine rings is 1. The number of hydrogen-bond donors (Lipinski definition) is 1. The lowest BCUT2D eigenvalue weighted by Gasteiger charge is -2.08. The second-order valence-electron chi connectivity index (χ2n) is 3.51. The largest absolute Gasteiger partial charge is 0.390 e. The van der Waals surface area contributed by atoms with Crippen molar-refractivity contribution >= 4 is 11.2 Å². The fourth-order valence-electron chi connectivity index (χ4n) is 1.50. The van der Waals surface area contributed by atoms with Gasteiger partial charge >= 0.3 is 0 Å². The molecule has 16 heavy (non-hydrogen) atoms. The smallest absolute Gasteiger partial charge is 0.178 e. The van der Waals surface area contributed by atoms with Crippen LogP contribution in [-0.4, -0.2) is 39.9 Å². The van der Waals surface area contributed by atoms with Crippen LogP contribution in [0.5, 0.6) is 0 Å². The summed E-state index contributed by atoms with van der Waals surface area (Å²) in [5, 5.41) is 9.57. The van der Waals surface area contributed by atoms with Gasteiger partial charge in [-0.25, -0.2) is 9.97 Å². The molecule has 5 heteroatoms. The Morgan fingerprint density at radius 2 is 2.12 bits per heavy atom. The van der Waals surface area contributed by atoms with E-state index >= 15 is 0 Å². The molecule has 84 valence electrons. The third kappa shape index (κ3) is 2.50. The molecule has 0 spiro atoms. The number of aliphatic hydroxyl groups is 1. The molecule has 2 aromatic rings. The van der Waals surface area contributed by atoms with Crippen LogP contribution in [-0.2, 0) is 11.2 Å². The summed E-state index contributed by atoms with van der Waals surface area (Å²) in [6, 6.07) is 3.69. The lowest BCUT2D eigenvalue weighted by Crippen LogP contribution is -2.17. The van der Waals surface area contributed by atoms with Crippen LogP contribution in [0.2, 0.25) is 0 Å². The van der Waals surface area contributed by atoms with Crippen LogP contribution in [0.25, 0.3) is 11.2 Å². The van der Waals surface area contributed by atoms with E-state index in [1.807, 2.05) is 12.1 Å². The van der Waals surface area contributed by atoms with Gasteiger partial charge in [-0.05, 0) is 12.1 Å². The zero-order valence-corrected chi connectivity index (χ0v) is 9.00. The van der Waals surface area contributed by atoms with Crippen LogP contribution in [0.15, 0.2) is 24.5 Å². The number of ether oxygens (including phenoxy) is 1. The van der Waals surface area contributed by atoms with Crippen molar-refractivity contribution in [2.24, 2.45) is 0 Å². The van der Waals surface area contributed by atoms with Crippen LogP contribution in [0, 0.1) is 0 Å². The van der Waals surface area contributed by atoms with E-state index in [1.165, 1.54) is 0 Å². The molecule has 1 atom stereocenters. The van der Waals surface area contributed by atoms with E-state index in [1.54, 1.807) is 19.5 Å². The molecule has 0 saturated heterocycles. The SMILES string of the molecule is COCC(O)Cc1ccc2nccnc2n1. The molecule has 0 amide bonds. The van der Waals surface area contributed by atoms with Crippen LogP contribution >= 0.6 is 0 Å². The van der Waals surface area contributed by atoms with E-state index in [-0.39, 0.29) is 0 Å². The van der Waals surface area contributed by atoms with Gasteiger partial charge in [0.15, 0.2) is 5.65 Å². The third-order valence-corrected chi connectivity index (χ3v) is 2.19. The molecule has 0 saturated carbocycles. The zero-order chi connectivity index (χ0) is 11.4. The third-order valence-electron chi connectivity index (χ3n) is 2.19. The van der Waals surface area contributed by atoms with Gasteiger partial charge in [-0.3, -0.25) is 4.98 Å². The first-order valence-electron chi connectivity index (χ1n) is 5.03. The second kappa shape index (κ2) is 4.96. The van der Waals surface area contributed by atoms with E-state index in [0.29, 0.717) is 18.7 Å². The average Bonchev–Trinajstić information content (AvgIpc) is 2.29. The molecule has 0 bridgehead atoms. The minimum absolute atomic E-state index is 0.306. The molecule has 0 aliphatic heterocycles. The van der Waals surface area contributed by atoms with Gasteiger partial charge in [0.25, 0.3) is 0 Å². The Morgan fingerprint density at radius 1 is 1.31 bits per heavy atom. The van der Waals surface area contributed by atoms with Crippen molar-refractivity contribution in [1.29, 1.82) is 0 Å². The topological polar surface area (TPSA) is 68.1 Å². The normalized spacial score (nSPS) is 12.9. The summed E-state index contributed by atoms with van der Waals surface area (Å²) in [5.74, 6) is 0. The van der Waals surface area contributed by atoms with Gasteiger partial charge in [-0.1, -0.05) is 0 Å². The first-order valence-corrected chi connectivity index (χ1v) is 5.03. The van der Waals surface area contributed by atoms with Gasteiger partial charge in [0.05, 0.1) is 12.7 Å². The van der Waals surface area contributed by atoms with Gasteiger partial charge in [0.2, 0.25) is 0 Å². The van der Waals surface area contributed by atoms with E-state index in [9.17, 15) is 5.11 Å². The maximum atomic E-state index is 9.57.